The Morgan fingerprint density at radius 3 is 2.38 bits per heavy atom. The Labute approximate surface area is 138 Å². The number of aromatic nitrogens is 3. The summed E-state index contributed by atoms with van der Waals surface area (Å²) >= 11 is 0. The number of fused-ring (bicyclic) bond motifs is 1. The number of benzene rings is 2. The van der Waals surface area contributed by atoms with E-state index >= 15 is 0 Å². The highest BCUT2D eigenvalue weighted by molar-refractivity contribution is 5.93. The Kier molecular flexibility index (Phi) is 3.31. The zero-order chi connectivity index (χ0) is 16.5. The predicted octanol–water partition coefficient (Wildman–Crippen LogP) is 3.19. The smallest absolute Gasteiger partial charge is 0.248 e. The molecule has 2 aromatic heterocycles. The first-order chi connectivity index (χ1) is 11.7. The van der Waals surface area contributed by atoms with Gasteiger partial charge in [0.25, 0.3) is 0 Å². The zero-order valence-corrected chi connectivity index (χ0v) is 12.8. The van der Waals surface area contributed by atoms with Crippen molar-refractivity contribution in [1.29, 1.82) is 0 Å². The average molecular weight is 314 g/mol. The minimum absolute atomic E-state index is 0.431. The summed E-state index contributed by atoms with van der Waals surface area (Å²) in [4.78, 5) is 19.7. The van der Waals surface area contributed by atoms with Gasteiger partial charge in [0, 0.05) is 23.6 Å². The lowest BCUT2D eigenvalue weighted by Crippen LogP contribution is -2.10. The number of pyridine rings is 1. The van der Waals surface area contributed by atoms with Crippen molar-refractivity contribution in [3.8, 4) is 16.8 Å². The lowest BCUT2D eigenvalue weighted by atomic mass is 10.1. The maximum Gasteiger partial charge on any atom is 0.248 e. The summed E-state index contributed by atoms with van der Waals surface area (Å²) in [5.41, 5.74) is 10.8. The number of carbonyl (C=O) groups is 1. The molecule has 2 N–H and O–H groups in total. The molecule has 116 valence electrons. The van der Waals surface area contributed by atoms with Gasteiger partial charge in [0.1, 0.15) is 6.33 Å². The van der Waals surface area contributed by atoms with Crippen molar-refractivity contribution >= 4 is 16.9 Å². The predicted molar refractivity (Wildman–Crippen MR) is 92.8 cm³/mol. The first-order valence-corrected chi connectivity index (χ1v) is 7.50. The van der Waals surface area contributed by atoms with Gasteiger partial charge in [-0.05, 0) is 59.7 Å². The minimum Gasteiger partial charge on any atom is -0.366 e. The van der Waals surface area contributed by atoms with Crippen LogP contribution in [0.25, 0.3) is 27.8 Å². The largest absolute Gasteiger partial charge is 0.366 e. The molecule has 2 heterocycles. The fourth-order valence-corrected chi connectivity index (χ4v) is 2.73. The van der Waals surface area contributed by atoms with Crippen molar-refractivity contribution in [2.75, 3.05) is 0 Å². The molecular weight excluding hydrogens is 300 g/mol. The Morgan fingerprint density at radius 1 is 0.917 bits per heavy atom. The van der Waals surface area contributed by atoms with Crippen molar-refractivity contribution in [2.24, 2.45) is 5.73 Å². The van der Waals surface area contributed by atoms with E-state index in [9.17, 15) is 4.79 Å². The van der Waals surface area contributed by atoms with Crippen LogP contribution in [0.1, 0.15) is 10.4 Å². The molecule has 1 amide bonds. The summed E-state index contributed by atoms with van der Waals surface area (Å²) < 4.78 is 1.98. The molecule has 2 aromatic carbocycles. The number of primary amides is 1. The number of nitrogens with zero attached hydrogens (tertiary/aromatic N) is 3. The van der Waals surface area contributed by atoms with Crippen molar-refractivity contribution in [1.82, 2.24) is 14.5 Å². The van der Waals surface area contributed by atoms with Crippen molar-refractivity contribution in [2.45, 2.75) is 0 Å². The molecule has 5 heteroatoms. The highest BCUT2D eigenvalue weighted by Crippen LogP contribution is 2.25. The van der Waals surface area contributed by atoms with Crippen LogP contribution in [0.5, 0.6) is 0 Å². The Balaban J connectivity index is 1.77. The molecule has 0 aliphatic rings. The van der Waals surface area contributed by atoms with E-state index in [2.05, 4.69) is 22.1 Å². The van der Waals surface area contributed by atoms with Crippen LogP contribution in [0.3, 0.4) is 0 Å². The highest BCUT2D eigenvalue weighted by atomic mass is 16.1. The van der Waals surface area contributed by atoms with Crippen molar-refractivity contribution in [3.05, 3.63) is 78.9 Å². The standard InChI is InChI=1S/C19H14N4O/c20-19(24)14-1-4-16(5-2-14)23-12-22-17-11-15(3-6-18(17)23)13-7-9-21-10-8-13/h1-12H,(H2,20,24). The summed E-state index contributed by atoms with van der Waals surface area (Å²) in [5, 5.41) is 0. The molecule has 24 heavy (non-hydrogen) atoms. The van der Waals surface area contributed by atoms with Crippen LogP contribution in [0.2, 0.25) is 0 Å². The monoisotopic (exact) mass is 314 g/mol. The second kappa shape index (κ2) is 5.62. The molecule has 0 fully saturated rings. The molecule has 0 atom stereocenters. The SMILES string of the molecule is NC(=O)c1ccc(-n2cnc3cc(-c4ccncc4)ccc32)cc1. The van der Waals surface area contributed by atoms with Crippen LogP contribution in [0, 0.1) is 0 Å². The Morgan fingerprint density at radius 2 is 1.67 bits per heavy atom. The van der Waals surface area contributed by atoms with E-state index < -0.39 is 5.91 Å². The normalized spacial score (nSPS) is 10.8. The molecule has 0 spiro atoms. The van der Waals surface area contributed by atoms with Gasteiger partial charge >= 0.3 is 0 Å². The molecule has 0 radical (unpaired) electrons. The second-order valence-electron chi connectivity index (χ2n) is 5.47. The van der Waals surface area contributed by atoms with E-state index in [0.29, 0.717) is 5.56 Å². The third kappa shape index (κ3) is 2.42. The van der Waals surface area contributed by atoms with Gasteiger partial charge in [-0.25, -0.2) is 4.98 Å². The van der Waals surface area contributed by atoms with Crippen molar-refractivity contribution in [3.63, 3.8) is 0 Å². The summed E-state index contributed by atoms with van der Waals surface area (Å²) in [7, 11) is 0. The maximum atomic E-state index is 11.2. The second-order valence-corrected chi connectivity index (χ2v) is 5.47. The number of hydrogen-bond donors (Lipinski definition) is 1. The van der Waals surface area contributed by atoms with Gasteiger partial charge in [-0.3, -0.25) is 14.3 Å². The van der Waals surface area contributed by atoms with E-state index in [4.69, 9.17) is 5.73 Å². The van der Waals surface area contributed by atoms with Gasteiger partial charge in [0.05, 0.1) is 11.0 Å². The number of hydrogen-bond acceptors (Lipinski definition) is 3. The number of carbonyl (C=O) groups excluding carboxylic acids is 1. The summed E-state index contributed by atoms with van der Waals surface area (Å²) in [6, 6.07) is 17.3. The van der Waals surface area contributed by atoms with E-state index in [1.165, 1.54) is 0 Å². The molecular formula is C19H14N4O. The van der Waals surface area contributed by atoms with Gasteiger partial charge in [0.15, 0.2) is 0 Å². The quantitative estimate of drug-likeness (QED) is 0.631. The molecule has 0 unspecified atom stereocenters. The van der Waals surface area contributed by atoms with Crippen LogP contribution in [-0.2, 0) is 0 Å². The molecule has 0 bridgehead atoms. The molecule has 4 rings (SSSR count). The Hall–Kier alpha value is -3.47. The highest BCUT2D eigenvalue weighted by Gasteiger charge is 2.07. The number of nitrogens with two attached hydrogens (primary N) is 1. The summed E-state index contributed by atoms with van der Waals surface area (Å²) in [5.74, 6) is -0.431. The van der Waals surface area contributed by atoms with Crippen LogP contribution in [0.15, 0.2) is 73.3 Å². The number of amides is 1. The number of rotatable bonds is 3. The molecule has 4 aromatic rings. The van der Waals surface area contributed by atoms with Crippen LogP contribution >= 0.6 is 0 Å². The summed E-state index contributed by atoms with van der Waals surface area (Å²) in [6.45, 7) is 0. The molecule has 5 nitrogen and oxygen atoms in total. The average Bonchev–Trinajstić information content (AvgIpc) is 3.05. The first kappa shape index (κ1) is 14.1. The Bertz CT molecular complexity index is 1020. The fraction of sp³-hybridized carbons (Fsp3) is 0. The molecule has 0 aliphatic heterocycles. The fourth-order valence-electron chi connectivity index (χ4n) is 2.73. The van der Waals surface area contributed by atoms with Gasteiger partial charge in [0.2, 0.25) is 5.91 Å². The van der Waals surface area contributed by atoms with E-state index in [0.717, 1.165) is 27.8 Å². The topological polar surface area (TPSA) is 73.8 Å². The summed E-state index contributed by atoms with van der Waals surface area (Å²) in [6.07, 6.45) is 5.33. The first-order valence-electron chi connectivity index (χ1n) is 7.50. The van der Waals surface area contributed by atoms with Gasteiger partial charge < -0.3 is 5.73 Å². The third-order valence-corrected chi connectivity index (χ3v) is 3.99. The lowest BCUT2D eigenvalue weighted by molar-refractivity contribution is 0.100. The van der Waals surface area contributed by atoms with E-state index in [-0.39, 0.29) is 0 Å². The van der Waals surface area contributed by atoms with Crippen LogP contribution in [0.4, 0.5) is 0 Å². The van der Waals surface area contributed by atoms with Gasteiger partial charge in [-0.1, -0.05) is 6.07 Å². The zero-order valence-electron chi connectivity index (χ0n) is 12.8. The van der Waals surface area contributed by atoms with Gasteiger partial charge in [-0.15, -0.1) is 0 Å². The molecule has 0 saturated heterocycles. The lowest BCUT2D eigenvalue weighted by Gasteiger charge is -2.06. The molecule has 0 aliphatic carbocycles. The van der Waals surface area contributed by atoms with E-state index in [1.807, 2.05) is 34.9 Å². The van der Waals surface area contributed by atoms with Crippen LogP contribution in [-0.4, -0.2) is 20.4 Å². The maximum absolute atomic E-state index is 11.2. The van der Waals surface area contributed by atoms with E-state index in [1.54, 1.807) is 30.9 Å². The van der Waals surface area contributed by atoms with Crippen molar-refractivity contribution < 1.29 is 4.79 Å². The minimum atomic E-state index is -0.431. The van der Waals surface area contributed by atoms with Gasteiger partial charge in [-0.2, -0.15) is 0 Å². The third-order valence-electron chi connectivity index (χ3n) is 3.99. The van der Waals surface area contributed by atoms with Crippen LogP contribution < -0.4 is 5.73 Å². The molecule has 0 saturated carbocycles. The number of imidazole rings is 1.